The van der Waals surface area contributed by atoms with Crippen molar-refractivity contribution in [2.24, 2.45) is 0 Å². The number of fused-ring (bicyclic) bond motifs is 1. The minimum atomic E-state index is -0.170. The summed E-state index contributed by atoms with van der Waals surface area (Å²) in [5, 5.41) is 0. The lowest BCUT2D eigenvalue weighted by Crippen LogP contribution is -1.94. The summed E-state index contributed by atoms with van der Waals surface area (Å²) in [6.45, 7) is 4.63. The average molecular weight is 258 g/mol. The number of ether oxygens (including phenoxy) is 1. The van der Waals surface area contributed by atoms with E-state index in [1.54, 1.807) is 11.3 Å². The van der Waals surface area contributed by atoms with Crippen LogP contribution in [-0.2, 0) is 17.8 Å². The van der Waals surface area contributed by atoms with Crippen LogP contribution in [0, 0.1) is 6.92 Å². The van der Waals surface area contributed by atoms with Gasteiger partial charge in [-0.2, -0.15) is 0 Å². The van der Waals surface area contributed by atoms with Gasteiger partial charge in [0, 0.05) is 15.3 Å². The van der Waals surface area contributed by atoms with Gasteiger partial charge in [0.15, 0.2) is 0 Å². The van der Waals surface area contributed by atoms with E-state index in [1.807, 2.05) is 0 Å². The Morgan fingerprint density at radius 3 is 2.67 bits per heavy atom. The van der Waals surface area contributed by atoms with Crippen LogP contribution in [0.1, 0.15) is 33.3 Å². The summed E-state index contributed by atoms with van der Waals surface area (Å²) in [5.74, 6) is -0.170. The second-order valence-electron chi connectivity index (χ2n) is 4.50. The van der Waals surface area contributed by atoms with Gasteiger partial charge in [-0.15, -0.1) is 11.3 Å². The number of aryl methyl sites for hydroxylation is 2. The topological polar surface area (TPSA) is 26.3 Å². The highest BCUT2D eigenvalue weighted by atomic mass is 32.1. The van der Waals surface area contributed by atoms with Crippen molar-refractivity contribution in [3.05, 3.63) is 45.8 Å². The Morgan fingerprint density at radius 1 is 1.28 bits per heavy atom. The van der Waals surface area contributed by atoms with Crippen LogP contribution in [0.25, 0.3) is 10.4 Å². The third-order valence-electron chi connectivity index (χ3n) is 3.28. The Bertz CT molecular complexity index is 608. The summed E-state index contributed by atoms with van der Waals surface area (Å²) in [4.78, 5) is 14.2. The molecule has 0 fully saturated rings. The number of rotatable bonds is 2. The first-order chi connectivity index (χ1) is 8.70. The van der Waals surface area contributed by atoms with E-state index in [0.29, 0.717) is 6.61 Å². The molecule has 0 unspecified atom stereocenters. The number of benzene rings is 1. The molecule has 3 heteroatoms. The van der Waals surface area contributed by atoms with Crippen molar-refractivity contribution in [1.29, 1.82) is 0 Å². The monoisotopic (exact) mass is 258 g/mol. The fraction of sp³-hybridized carbons (Fsp3) is 0.267. The Balaban J connectivity index is 2.18. The van der Waals surface area contributed by atoms with Gasteiger partial charge in [0.25, 0.3) is 0 Å². The van der Waals surface area contributed by atoms with Crippen LogP contribution in [0.3, 0.4) is 0 Å². The Labute approximate surface area is 110 Å². The summed E-state index contributed by atoms with van der Waals surface area (Å²) in [6, 6.07) is 8.31. The number of hydrogen-bond acceptors (Lipinski definition) is 3. The zero-order valence-electron chi connectivity index (χ0n) is 10.4. The van der Waals surface area contributed by atoms with Crippen molar-refractivity contribution in [2.45, 2.75) is 26.9 Å². The first kappa shape index (κ1) is 11.5. The summed E-state index contributed by atoms with van der Waals surface area (Å²) in [5.41, 5.74) is 4.23. The molecule has 18 heavy (non-hydrogen) atoms. The molecular formula is C15H14O2S. The Hall–Kier alpha value is -1.61. The minimum absolute atomic E-state index is 0.170. The standard InChI is InChI=1S/C15H14O2S/c1-3-12-11-8-17-15(16)13(11)14(18-12)10-6-4-9(2)5-7-10/h4-7H,3,8H2,1-2H3. The van der Waals surface area contributed by atoms with Gasteiger partial charge in [0.1, 0.15) is 6.61 Å². The summed E-state index contributed by atoms with van der Waals surface area (Å²) < 4.78 is 5.16. The lowest BCUT2D eigenvalue weighted by molar-refractivity contribution is 0.0535. The summed E-state index contributed by atoms with van der Waals surface area (Å²) in [6.07, 6.45) is 0.954. The van der Waals surface area contributed by atoms with Crippen LogP contribution in [0.5, 0.6) is 0 Å². The first-order valence-corrected chi connectivity index (χ1v) is 6.91. The molecule has 0 amide bonds. The lowest BCUT2D eigenvalue weighted by atomic mass is 10.0. The van der Waals surface area contributed by atoms with Crippen LogP contribution in [0.4, 0.5) is 0 Å². The molecule has 92 valence electrons. The second kappa shape index (κ2) is 4.25. The molecule has 1 aromatic heterocycles. The molecule has 0 radical (unpaired) electrons. The van der Waals surface area contributed by atoms with Crippen LogP contribution >= 0.6 is 11.3 Å². The summed E-state index contributed by atoms with van der Waals surface area (Å²) in [7, 11) is 0. The van der Waals surface area contributed by atoms with Gasteiger partial charge in [-0.05, 0) is 18.9 Å². The zero-order chi connectivity index (χ0) is 12.7. The van der Waals surface area contributed by atoms with E-state index in [2.05, 4.69) is 38.1 Å². The molecule has 0 bridgehead atoms. The molecule has 3 rings (SSSR count). The van der Waals surface area contributed by atoms with Crippen LogP contribution in [0.15, 0.2) is 24.3 Å². The molecule has 2 aromatic rings. The van der Waals surface area contributed by atoms with Crippen molar-refractivity contribution in [2.75, 3.05) is 0 Å². The van der Waals surface area contributed by atoms with E-state index in [1.165, 1.54) is 10.4 Å². The first-order valence-electron chi connectivity index (χ1n) is 6.09. The van der Waals surface area contributed by atoms with E-state index in [-0.39, 0.29) is 5.97 Å². The molecule has 0 atom stereocenters. The van der Waals surface area contributed by atoms with E-state index in [4.69, 9.17) is 4.74 Å². The van der Waals surface area contributed by atoms with E-state index in [0.717, 1.165) is 28.0 Å². The maximum atomic E-state index is 11.8. The number of hydrogen-bond donors (Lipinski definition) is 0. The molecule has 2 nitrogen and oxygen atoms in total. The molecule has 0 saturated carbocycles. The lowest BCUT2D eigenvalue weighted by Gasteiger charge is -2.01. The molecule has 1 aliphatic heterocycles. The molecule has 0 N–H and O–H groups in total. The minimum Gasteiger partial charge on any atom is -0.457 e. The Morgan fingerprint density at radius 2 is 2.00 bits per heavy atom. The molecule has 0 saturated heterocycles. The predicted molar refractivity (Wildman–Crippen MR) is 73.0 cm³/mol. The van der Waals surface area contributed by atoms with Gasteiger partial charge in [-0.1, -0.05) is 36.8 Å². The number of thiophene rings is 1. The largest absolute Gasteiger partial charge is 0.457 e. The SMILES string of the molecule is CCc1sc(-c2ccc(C)cc2)c2c1COC2=O. The van der Waals surface area contributed by atoms with E-state index in [9.17, 15) is 4.79 Å². The maximum Gasteiger partial charge on any atom is 0.340 e. The quantitative estimate of drug-likeness (QED) is 0.762. The third kappa shape index (κ3) is 1.66. The van der Waals surface area contributed by atoms with E-state index < -0.39 is 0 Å². The maximum absolute atomic E-state index is 11.8. The van der Waals surface area contributed by atoms with E-state index >= 15 is 0 Å². The number of esters is 1. The van der Waals surface area contributed by atoms with Crippen molar-refractivity contribution >= 4 is 17.3 Å². The smallest absolute Gasteiger partial charge is 0.340 e. The molecule has 1 aromatic carbocycles. The van der Waals surface area contributed by atoms with Crippen LogP contribution in [-0.4, -0.2) is 5.97 Å². The molecule has 2 heterocycles. The van der Waals surface area contributed by atoms with Gasteiger partial charge in [0.2, 0.25) is 0 Å². The van der Waals surface area contributed by atoms with Gasteiger partial charge < -0.3 is 4.74 Å². The van der Waals surface area contributed by atoms with Crippen molar-refractivity contribution in [3.63, 3.8) is 0 Å². The van der Waals surface area contributed by atoms with Gasteiger partial charge in [-0.25, -0.2) is 4.79 Å². The van der Waals surface area contributed by atoms with Crippen molar-refractivity contribution < 1.29 is 9.53 Å². The number of cyclic esters (lactones) is 1. The van der Waals surface area contributed by atoms with Crippen LogP contribution in [0.2, 0.25) is 0 Å². The van der Waals surface area contributed by atoms with Crippen molar-refractivity contribution in [3.8, 4) is 10.4 Å². The normalized spacial score (nSPS) is 13.6. The fourth-order valence-corrected chi connectivity index (χ4v) is 3.52. The molecular weight excluding hydrogens is 244 g/mol. The summed E-state index contributed by atoms with van der Waals surface area (Å²) >= 11 is 1.72. The van der Waals surface area contributed by atoms with Crippen molar-refractivity contribution in [1.82, 2.24) is 0 Å². The third-order valence-corrected chi connectivity index (χ3v) is 4.70. The van der Waals surface area contributed by atoms with Crippen LogP contribution < -0.4 is 0 Å². The predicted octanol–water partition coefficient (Wildman–Crippen LogP) is 3.96. The van der Waals surface area contributed by atoms with Gasteiger partial charge in [0.05, 0.1) is 5.56 Å². The highest BCUT2D eigenvalue weighted by Crippen LogP contribution is 2.40. The fourth-order valence-electron chi connectivity index (χ4n) is 2.28. The molecule has 0 aliphatic carbocycles. The highest BCUT2D eigenvalue weighted by Gasteiger charge is 2.30. The second-order valence-corrected chi connectivity index (χ2v) is 5.61. The zero-order valence-corrected chi connectivity index (χ0v) is 11.3. The Kier molecular flexibility index (Phi) is 2.71. The van der Waals surface area contributed by atoms with Gasteiger partial charge in [-0.3, -0.25) is 0 Å². The highest BCUT2D eigenvalue weighted by molar-refractivity contribution is 7.16. The molecule has 0 spiro atoms. The number of carbonyl (C=O) groups is 1. The van der Waals surface area contributed by atoms with Gasteiger partial charge >= 0.3 is 5.97 Å². The average Bonchev–Trinajstić information content (AvgIpc) is 2.92. The number of carbonyl (C=O) groups excluding carboxylic acids is 1. The molecule has 1 aliphatic rings.